The monoisotopic (exact) mass is 291 g/mol. The van der Waals surface area contributed by atoms with Crippen LogP contribution in [0.3, 0.4) is 0 Å². The second-order valence-electron chi connectivity index (χ2n) is 4.51. The lowest BCUT2D eigenvalue weighted by atomic mass is 10.3. The Morgan fingerprint density at radius 3 is 2.90 bits per heavy atom. The van der Waals surface area contributed by atoms with E-state index in [4.69, 9.17) is 9.15 Å². The lowest BCUT2D eigenvalue weighted by Gasteiger charge is -2.15. The van der Waals surface area contributed by atoms with Gasteiger partial charge in [0.25, 0.3) is 11.5 Å². The SMILES string of the molecule is COCCn1nc(C(=O)N(C)Cc2ccco2)ccc1=O. The summed E-state index contributed by atoms with van der Waals surface area (Å²) in [4.78, 5) is 25.4. The van der Waals surface area contributed by atoms with E-state index in [1.165, 1.54) is 28.8 Å². The third-order valence-corrected chi connectivity index (χ3v) is 2.91. The minimum atomic E-state index is -0.280. The van der Waals surface area contributed by atoms with E-state index < -0.39 is 0 Å². The fraction of sp³-hybridized carbons (Fsp3) is 0.357. The van der Waals surface area contributed by atoms with Crippen molar-refractivity contribution in [1.82, 2.24) is 14.7 Å². The Kier molecular flexibility index (Phi) is 4.89. The third kappa shape index (κ3) is 3.79. The zero-order valence-corrected chi connectivity index (χ0v) is 12.0. The first-order valence-electron chi connectivity index (χ1n) is 6.47. The maximum atomic E-state index is 12.3. The first-order chi connectivity index (χ1) is 10.1. The van der Waals surface area contributed by atoms with E-state index in [-0.39, 0.29) is 17.2 Å². The molecule has 0 aromatic carbocycles. The maximum absolute atomic E-state index is 12.3. The zero-order valence-electron chi connectivity index (χ0n) is 12.0. The quantitative estimate of drug-likeness (QED) is 0.785. The Morgan fingerprint density at radius 1 is 1.43 bits per heavy atom. The van der Waals surface area contributed by atoms with Gasteiger partial charge in [-0.05, 0) is 18.2 Å². The molecule has 7 nitrogen and oxygen atoms in total. The highest BCUT2D eigenvalue weighted by atomic mass is 16.5. The number of amides is 1. The van der Waals surface area contributed by atoms with Crippen molar-refractivity contribution in [1.29, 1.82) is 0 Å². The number of nitrogens with zero attached hydrogens (tertiary/aromatic N) is 3. The van der Waals surface area contributed by atoms with Gasteiger partial charge in [-0.1, -0.05) is 0 Å². The van der Waals surface area contributed by atoms with Crippen molar-refractivity contribution in [3.05, 3.63) is 52.3 Å². The molecule has 2 aromatic rings. The van der Waals surface area contributed by atoms with E-state index in [9.17, 15) is 9.59 Å². The number of aromatic nitrogens is 2. The van der Waals surface area contributed by atoms with Gasteiger partial charge in [0.15, 0.2) is 0 Å². The second-order valence-corrected chi connectivity index (χ2v) is 4.51. The Morgan fingerprint density at radius 2 is 2.24 bits per heavy atom. The molecule has 0 saturated heterocycles. The van der Waals surface area contributed by atoms with Crippen LogP contribution in [0.25, 0.3) is 0 Å². The molecule has 0 aliphatic carbocycles. The van der Waals surface area contributed by atoms with Gasteiger partial charge in [-0.2, -0.15) is 5.10 Å². The second kappa shape index (κ2) is 6.85. The number of carbonyl (C=O) groups is 1. The molecule has 0 unspecified atom stereocenters. The minimum Gasteiger partial charge on any atom is -0.467 e. The third-order valence-electron chi connectivity index (χ3n) is 2.91. The van der Waals surface area contributed by atoms with E-state index in [1.54, 1.807) is 25.4 Å². The summed E-state index contributed by atoms with van der Waals surface area (Å²) >= 11 is 0. The summed E-state index contributed by atoms with van der Waals surface area (Å²) in [5.74, 6) is 0.399. The van der Waals surface area contributed by atoms with Crippen molar-refractivity contribution in [2.75, 3.05) is 20.8 Å². The van der Waals surface area contributed by atoms with Crippen molar-refractivity contribution in [3.8, 4) is 0 Å². The summed E-state index contributed by atoms with van der Waals surface area (Å²) in [7, 11) is 3.19. The summed E-state index contributed by atoms with van der Waals surface area (Å²) in [6.07, 6.45) is 1.55. The molecule has 0 spiro atoms. The molecule has 0 atom stereocenters. The van der Waals surface area contributed by atoms with Gasteiger partial charge in [0.1, 0.15) is 11.5 Å². The highest BCUT2D eigenvalue weighted by molar-refractivity contribution is 5.91. The Balaban J connectivity index is 2.12. The molecule has 2 rings (SSSR count). The Labute approximate surface area is 121 Å². The number of carbonyl (C=O) groups excluding carboxylic acids is 1. The van der Waals surface area contributed by atoms with Crippen LogP contribution in [0.15, 0.2) is 39.7 Å². The van der Waals surface area contributed by atoms with Crippen LogP contribution in [0, 0.1) is 0 Å². The van der Waals surface area contributed by atoms with Crippen LogP contribution in [-0.4, -0.2) is 41.4 Å². The molecular formula is C14H17N3O4. The van der Waals surface area contributed by atoms with Gasteiger partial charge in [0, 0.05) is 20.2 Å². The van der Waals surface area contributed by atoms with Gasteiger partial charge in [-0.3, -0.25) is 9.59 Å². The summed E-state index contributed by atoms with van der Waals surface area (Å²) in [6, 6.07) is 6.30. The predicted octanol–water partition coefficient (Wildman–Crippen LogP) is 0.755. The normalized spacial score (nSPS) is 10.6. The number of ether oxygens (including phenoxy) is 1. The molecule has 2 heterocycles. The topological polar surface area (TPSA) is 77.6 Å². The lowest BCUT2D eigenvalue weighted by molar-refractivity contribution is 0.0765. The Hall–Kier alpha value is -2.41. The van der Waals surface area contributed by atoms with E-state index in [1.807, 2.05) is 0 Å². The molecule has 0 aliphatic heterocycles. The molecule has 112 valence electrons. The van der Waals surface area contributed by atoms with Crippen LogP contribution < -0.4 is 5.56 Å². The number of hydrogen-bond donors (Lipinski definition) is 0. The fourth-order valence-corrected chi connectivity index (χ4v) is 1.80. The van der Waals surface area contributed by atoms with Crippen molar-refractivity contribution in [3.63, 3.8) is 0 Å². The Bertz CT molecular complexity index is 648. The molecule has 0 bridgehead atoms. The first-order valence-corrected chi connectivity index (χ1v) is 6.47. The standard InChI is InChI=1S/C14H17N3O4/c1-16(10-11-4-3-8-21-11)14(19)12-5-6-13(18)17(15-12)7-9-20-2/h3-6,8H,7,9-10H2,1-2H3. The number of hydrogen-bond acceptors (Lipinski definition) is 5. The van der Waals surface area contributed by atoms with Crippen LogP contribution in [0.4, 0.5) is 0 Å². The smallest absolute Gasteiger partial charge is 0.274 e. The average molecular weight is 291 g/mol. The van der Waals surface area contributed by atoms with Crippen LogP contribution in [0.2, 0.25) is 0 Å². The van der Waals surface area contributed by atoms with Gasteiger partial charge in [-0.25, -0.2) is 4.68 Å². The predicted molar refractivity (Wildman–Crippen MR) is 74.9 cm³/mol. The van der Waals surface area contributed by atoms with E-state index >= 15 is 0 Å². The molecule has 0 radical (unpaired) electrons. The summed E-state index contributed by atoms with van der Waals surface area (Å²) in [5, 5.41) is 4.06. The highest BCUT2D eigenvalue weighted by Crippen LogP contribution is 2.06. The molecule has 7 heteroatoms. The molecule has 2 aromatic heterocycles. The van der Waals surface area contributed by atoms with Crippen LogP contribution in [0.5, 0.6) is 0 Å². The van der Waals surface area contributed by atoms with Gasteiger partial charge in [0.05, 0.1) is 26.0 Å². The van der Waals surface area contributed by atoms with E-state index in [0.29, 0.717) is 25.5 Å². The van der Waals surface area contributed by atoms with Gasteiger partial charge in [-0.15, -0.1) is 0 Å². The molecular weight excluding hydrogens is 274 g/mol. The number of furan rings is 1. The summed E-state index contributed by atoms with van der Waals surface area (Å²) in [5.41, 5.74) is -0.0583. The fourth-order valence-electron chi connectivity index (χ4n) is 1.80. The van der Waals surface area contributed by atoms with E-state index in [2.05, 4.69) is 5.10 Å². The summed E-state index contributed by atoms with van der Waals surface area (Å²) in [6.45, 7) is 0.996. The van der Waals surface area contributed by atoms with Crippen molar-refractivity contribution in [2.24, 2.45) is 0 Å². The summed E-state index contributed by atoms with van der Waals surface area (Å²) < 4.78 is 11.3. The molecule has 1 amide bonds. The van der Waals surface area contributed by atoms with E-state index in [0.717, 1.165) is 0 Å². The van der Waals surface area contributed by atoms with Crippen LogP contribution in [-0.2, 0) is 17.8 Å². The van der Waals surface area contributed by atoms with Crippen LogP contribution >= 0.6 is 0 Å². The molecule has 21 heavy (non-hydrogen) atoms. The first kappa shape index (κ1) is 15.0. The van der Waals surface area contributed by atoms with Crippen molar-refractivity contribution in [2.45, 2.75) is 13.1 Å². The van der Waals surface area contributed by atoms with Crippen molar-refractivity contribution >= 4 is 5.91 Å². The minimum absolute atomic E-state index is 0.208. The van der Waals surface area contributed by atoms with Crippen LogP contribution in [0.1, 0.15) is 16.2 Å². The maximum Gasteiger partial charge on any atom is 0.274 e. The van der Waals surface area contributed by atoms with Crippen molar-refractivity contribution < 1.29 is 13.9 Å². The molecule has 0 N–H and O–H groups in total. The van der Waals surface area contributed by atoms with Gasteiger partial charge in [0.2, 0.25) is 0 Å². The molecule has 0 aliphatic rings. The lowest BCUT2D eigenvalue weighted by Crippen LogP contribution is -2.31. The number of methoxy groups -OCH3 is 1. The van der Waals surface area contributed by atoms with Gasteiger partial charge >= 0.3 is 0 Å². The largest absolute Gasteiger partial charge is 0.467 e. The van der Waals surface area contributed by atoms with Gasteiger partial charge < -0.3 is 14.1 Å². The molecule has 0 fully saturated rings. The highest BCUT2D eigenvalue weighted by Gasteiger charge is 2.15. The average Bonchev–Trinajstić information content (AvgIpc) is 2.98. The zero-order chi connectivity index (χ0) is 15.2. The number of rotatable bonds is 6. The molecule has 0 saturated carbocycles.